The lowest BCUT2D eigenvalue weighted by Crippen LogP contribution is -2.44. The summed E-state index contributed by atoms with van der Waals surface area (Å²) in [5.74, 6) is 0.176. The van der Waals surface area contributed by atoms with Crippen molar-refractivity contribution >= 4 is 16.7 Å². The van der Waals surface area contributed by atoms with Crippen LogP contribution in [0.2, 0.25) is 0 Å². The van der Waals surface area contributed by atoms with Gasteiger partial charge in [-0.3, -0.25) is 14.5 Å². The summed E-state index contributed by atoms with van der Waals surface area (Å²) in [7, 11) is 0. The zero-order valence-corrected chi connectivity index (χ0v) is 15.5. The van der Waals surface area contributed by atoms with Gasteiger partial charge in [0.25, 0.3) is 5.56 Å². The van der Waals surface area contributed by atoms with Crippen molar-refractivity contribution in [2.45, 2.75) is 38.5 Å². The summed E-state index contributed by atoms with van der Waals surface area (Å²) in [6.07, 6.45) is 5.65. The molecule has 2 fully saturated rings. The first-order valence-corrected chi connectivity index (χ1v) is 9.77. The molecule has 0 saturated carbocycles. The van der Waals surface area contributed by atoms with Crippen LogP contribution in [-0.2, 0) is 16.2 Å². The highest BCUT2D eigenvalue weighted by Crippen LogP contribution is 2.18. The minimum Gasteiger partial charge on any atom is -0.376 e. The molecule has 2 aliphatic rings. The second-order valence-corrected chi connectivity index (χ2v) is 7.45. The van der Waals surface area contributed by atoms with E-state index in [1.165, 1.54) is 4.68 Å². The van der Waals surface area contributed by atoms with Gasteiger partial charge in [0.2, 0.25) is 5.91 Å². The van der Waals surface area contributed by atoms with E-state index in [-0.39, 0.29) is 23.5 Å². The Balaban J connectivity index is 1.30. The molecule has 27 heavy (non-hydrogen) atoms. The quantitative estimate of drug-likeness (QED) is 0.860. The molecule has 0 aliphatic carbocycles. The van der Waals surface area contributed by atoms with E-state index in [1.807, 2.05) is 24.3 Å². The Bertz CT molecular complexity index is 852. The zero-order chi connectivity index (χ0) is 18.6. The van der Waals surface area contributed by atoms with Gasteiger partial charge in [-0.1, -0.05) is 18.2 Å². The predicted molar refractivity (Wildman–Crippen MR) is 102 cm³/mol. The van der Waals surface area contributed by atoms with Crippen LogP contribution in [0.5, 0.6) is 0 Å². The number of rotatable bonds is 5. The smallest absolute Gasteiger partial charge is 0.275 e. The van der Waals surface area contributed by atoms with Crippen molar-refractivity contribution in [2.24, 2.45) is 5.92 Å². The fourth-order valence-corrected chi connectivity index (χ4v) is 3.92. The second kappa shape index (κ2) is 8.19. The SMILES string of the molecule is O=C(NC[C@@H]1CCCO1)C1CCN(Cn2ncc3ccccc3c2=O)CC1. The number of nitrogens with zero attached hydrogens (tertiary/aromatic N) is 3. The number of ether oxygens (including phenoxy) is 1. The molecule has 7 nitrogen and oxygen atoms in total. The molecule has 2 aromatic rings. The van der Waals surface area contributed by atoms with E-state index in [0.29, 0.717) is 18.6 Å². The summed E-state index contributed by atoms with van der Waals surface area (Å²) in [5, 5.41) is 8.89. The highest BCUT2D eigenvalue weighted by Gasteiger charge is 2.26. The van der Waals surface area contributed by atoms with E-state index in [2.05, 4.69) is 15.3 Å². The van der Waals surface area contributed by atoms with Gasteiger partial charge in [0.15, 0.2) is 0 Å². The van der Waals surface area contributed by atoms with Crippen LogP contribution >= 0.6 is 0 Å². The summed E-state index contributed by atoms with van der Waals surface area (Å²) in [6.45, 7) is 3.47. The standard InChI is InChI=1S/C20H26N4O3/c25-19(21-13-17-5-3-11-27-17)15-7-9-23(10-8-15)14-24-20(26)18-6-2-1-4-16(18)12-22-24/h1-2,4,6,12,15,17H,3,5,7-11,13-14H2,(H,21,25)/t17-/m0/s1. The molecule has 0 bridgehead atoms. The molecule has 144 valence electrons. The molecular formula is C20H26N4O3. The molecule has 1 N–H and O–H groups in total. The Kier molecular flexibility index (Phi) is 5.50. The van der Waals surface area contributed by atoms with Crippen LogP contribution in [0.15, 0.2) is 35.3 Å². The third kappa shape index (κ3) is 4.20. The summed E-state index contributed by atoms with van der Waals surface area (Å²) >= 11 is 0. The maximum atomic E-state index is 12.6. The largest absolute Gasteiger partial charge is 0.376 e. The van der Waals surface area contributed by atoms with E-state index in [1.54, 1.807) is 6.20 Å². The van der Waals surface area contributed by atoms with Crippen molar-refractivity contribution in [3.05, 3.63) is 40.8 Å². The average Bonchev–Trinajstić information content (AvgIpc) is 3.23. The summed E-state index contributed by atoms with van der Waals surface area (Å²) in [5.41, 5.74) is -0.0652. The number of hydrogen-bond acceptors (Lipinski definition) is 5. The third-order valence-corrected chi connectivity index (χ3v) is 5.58. The van der Waals surface area contributed by atoms with Crippen LogP contribution in [0.1, 0.15) is 25.7 Å². The molecule has 1 amide bonds. The fraction of sp³-hybridized carbons (Fsp3) is 0.550. The lowest BCUT2D eigenvalue weighted by Gasteiger charge is -2.31. The first-order chi connectivity index (χ1) is 13.2. The van der Waals surface area contributed by atoms with Gasteiger partial charge in [0, 0.05) is 37.5 Å². The Morgan fingerprint density at radius 2 is 2.04 bits per heavy atom. The van der Waals surface area contributed by atoms with Gasteiger partial charge in [-0.15, -0.1) is 0 Å². The van der Waals surface area contributed by atoms with E-state index in [4.69, 9.17) is 4.74 Å². The minimum absolute atomic E-state index is 0.0453. The first-order valence-electron chi connectivity index (χ1n) is 9.77. The van der Waals surface area contributed by atoms with E-state index in [9.17, 15) is 9.59 Å². The highest BCUT2D eigenvalue weighted by molar-refractivity contribution is 5.80. The molecule has 1 atom stereocenters. The zero-order valence-electron chi connectivity index (χ0n) is 15.5. The monoisotopic (exact) mass is 370 g/mol. The maximum Gasteiger partial charge on any atom is 0.275 e. The second-order valence-electron chi connectivity index (χ2n) is 7.45. The van der Waals surface area contributed by atoms with Gasteiger partial charge in [-0.2, -0.15) is 5.10 Å². The van der Waals surface area contributed by atoms with Crippen LogP contribution in [0.25, 0.3) is 10.8 Å². The van der Waals surface area contributed by atoms with E-state index >= 15 is 0 Å². The van der Waals surface area contributed by atoms with Gasteiger partial charge in [-0.25, -0.2) is 4.68 Å². The third-order valence-electron chi connectivity index (χ3n) is 5.58. The van der Waals surface area contributed by atoms with Crippen molar-refractivity contribution in [3.8, 4) is 0 Å². The Morgan fingerprint density at radius 3 is 2.81 bits per heavy atom. The fourth-order valence-electron chi connectivity index (χ4n) is 3.92. The van der Waals surface area contributed by atoms with E-state index in [0.717, 1.165) is 50.8 Å². The molecule has 1 aromatic carbocycles. The molecule has 3 heterocycles. The highest BCUT2D eigenvalue weighted by atomic mass is 16.5. The van der Waals surface area contributed by atoms with Gasteiger partial charge >= 0.3 is 0 Å². The Morgan fingerprint density at radius 1 is 1.22 bits per heavy atom. The molecule has 0 spiro atoms. The molecule has 0 radical (unpaired) electrons. The topological polar surface area (TPSA) is 76.5 Å². The molecule has 7 heteroatoms. The number of nitrogens with one attached hydrogen (secondary N) is 1. The average molecular weight is 370 g/mol. The van der Waals surface area contributed by atoms with E-state index < -0.39 is 0 Å². The normalized spacial score (nSPS) is 21.6. The van der Waals surface area contributed by atoms with Crippen molar-refractivity contribution in [1.82, 2.24) is 20.0 Å². The number of aromatic nitrogens is 2. The van der Waals surface area contributed by atoms with Gasteiger partial charge in [0.1, 0.15) is 0 Å². The van der Waals surface area contributed by atoms with Crippen molar-refractivity contribution < 1.29 is 9.53 Å². The lowest BCUT2D eigenvalue weighted by atomic mass is 9.96. The minimum atomic E-state index is -0.0652. The number of likely N-dealkylation sites (tertiary alicyclic amines) is 1. The van der Waals surface area contributed by atoms with Crippen LogP contribution in [0.4, 0.5) is 0 Å². The summed E-state index contributed by atoms with van der Waals surface area (Å²) in [4.78, 5) is 27.1. The number of carbonyl (C=O) groups excluding carboxylic acids is 1. The summed E-state index contributed by atoms with van der Waals surface area (Å²) < 4.78 is 7.07. The van der Waals surface area contributed by atoms with Gasteiger partial charge in [-0.05, 0) is 31.7 Å². The number of piperidine rings is 1. The predicted octanol–water partition coefficient (Wildman–Crippen LogP) is 1.36. The van der Waals surface area contributed by atoms with Gasteiger partial charge < -0.3 is 10.1 Å². The molecule has 2 saturated heterocycles. The first kappa shape index (κ1) is 18.1. The van der Waals surface area contributed by atoms with Crippen molar-refractivity contribution in [2.75, 3.05) is 26.2 Å². The van der Waals surface area contributed by atoms with Crippen LogP contribution in [0, 0.1) is 5.92 Å². The van der Waals surface area contributed by atoms with Gasteiger partial charge in [0.05, 0.1) is 24.4 Å². The van der Waals surface area contributed by atoms with Crippen LogP contribution < -0.4 is 10.9 Å². The molecule has 4 rings (SSSR count). The summed E-state index contributed by atoms with van der Waals surface area (Å²) in [6, 6.07) is 7.51. The number of amides is 1. The molecule has 2 aliphatic heterocycles. The van der Waals surface area contributed by atoms with Crippen LogP contribution in [0.3, 0.4) is 0 Å². The number of benzene rings is 1. The number of hydrogen-bond donors (Lipinski definition) is 1. The molecule has 1 aromatic heterocycles. The van der Waals surface area contributed by atoms with Crippen LogP contribution in [-0.4, -0.2) is 52.9 Å². The Labute approximate surface area is 158 Å². The van der Waals surface area contributed by atoms with Crippen molar-refractivity contribution in [3.63, 3.8) is 0 Å². The molecular weight excluding hydrogens is 344 g/mol. The number of carbonyl (C=O) groups is 1. The molecule has 0 unspecified atom stereocenters. The maximum absolute atomic E-state index is 12.6. The number of fused-ring (bicyclic) bond motifs is 1. The van der Waals surface area contributed by atoms with Crippen molar-refractivity contribution in [1.29, 1.82) is 0 Å². The Hall–Kier alpha value is -2.25. The lowest BCUT2D eigenvalue weighted by molar-refractivity contribution is -0.127.